The lowest BCUT2D eigenvalue weighted by Crippen LogP contribution is -2.12. The Kier molecular flexibility index (Phi) is 4.21. The van der Waals surface area contributed by atoms with Gasteiger partial charge in [0.1, 0.15) is 5.82 Å². The Morgan fingerprint density at radius 3 is 2.88 bits per heavy atom. The first-order valence-electron chi connectivity index (χ1n) is 5.95. The van der Waals surface area contributed by atoms with E-state index in [0.717, 1.165) is 24.3 Å². The largest absolute Gasteiger partial charge is 0.370 e. The summed E-state index contributed by atoms with van der Waals surface area (Å²) < 4.78 is 0. The number of alkyl halides is 1. The fourth-order valence-corrected chi connectivity index (χ4v) is 2.10. The van der Waals surface area contributed by atoms with Crippen LogP contribution in [0.5, 0.6) is 0 Å². The molecule has 0 radical (unpaired) electrons. The summed E-state index contributed by atoms with van der Waals surface area (Å²) >= 11 is 5.71. The van der Waals surface area contributed by atoms with Crippen molar-refractivity contribution in [3.8, 4) is 0 Å². The zero-order valence-electron chi connectivity index (χ0n) is 9.99. The lowest BCUT2D eigenvalue weighted by atomic mass is 10.1. The molecule has 1 aromatic heterocycles. The molecular formula is C14H17ClN2. The average molecular weight is 249 g/mol. The lowest BCUT2D eigenvalue weighted by Gasteiger charge is -2.11. The number of hydrogen-bond donors (Lipinski definition) is 1. The lowest BCUT2D eigenvalue weighted by molar-refractivity contribution is 0.596. The second-order valence-corrected chi connectivity index (χ2v) is 4.73. The van der Waals surface area contributed by atoms with Gasteiger partial charge in [-0.15, -0.1) is 11.6 Å². The summed E-state index contributed by atoms with van der Waals surface area (Å²) in [5.41, 5.74) is 1.03. The van der Waals surface area contributed by atoms with Crippen molar-refractivity contribution in [3.63, 3.8) is 0 Å². The molecule has 0 spiro atoms. The van der Waals surface area contributed by atoms with E-state index in [4.69, 9.17) is 11.6 Å². The molecule has 3 heteroatoms. The van der Waals surface area contributed by atoms with Gasteiger partial charge in [0.2, 0.25) is 0 Å². The Morgan fingerprint density at radius 2 is 2.06 bits per heavy atom. The number of halogens is 1. The van der Waals surface area contributed by atoms with Crippen molar-refractivity contribution in [2.24, 2.45) is 5.92 Å². The van der Waals surface area contributed by atoms with Crippen molar-refractivity contribution < 1.29 is 0 Å². The molecule has 0 aliphatic carbocycles. The number of nitrogens with one attached hydrogen (secondary N) is 1. The minimum absolute atomic E-state index is 0.570. The number of aromatic nitrogens is 1. The van der Waals surface area contributed by atoms with Gasteiger partial charge < -0.3 is 5.32 Å². The van der Waals surface area contributed by atoms with Gasteiger partial charge in [0.05, 0.1) is 5.52 Å². The SMILES string of the molecule is CC(CCCl)CNc1ccc2ccccc2n1. The number of pyridine rings is 1. The molecule has 1 unspecified atom stereocenters. The van der Waals surface area contributed by atoms with Crippen LogP contribution in [-0.4, -0.2) is 17.4 Å². The molecule has 1 heterocycles. The fraction of sp³-hybridized carbons (Fsp3) is 0.357. The van der Waals surface area contributed by atoms with Gasteiger partial charge in [-0.05, 0) is 30.5 Å². The van der Waals surface area contributed by atoms with Crippen molar-refractivity contribution in [3.05, 3.63) is 36.4 Å². The number of hydrogen-bond acceptors (Lipinski definition) is 2. The first-order chi connectivity index (χ1) is 8.29. The number of benzene rings is 1. The summed E-state index contributed by atoms with van der Waals surface area (Å²) in [5.74, 6) is 2.22. The third-order valence-corrected chi connectivity index (χ3v) is 3.05. The minimum atomic E-state index is 0.570. The monoisotopic (exact) mass is 248 g/mol. The molecule has 17 heavy (non-hydrogen) atoms. The third-order valence-electron chi connectivity index (χ3n) is 2.83. The van der Waals surface area contributed by atoms with Crippen LogP contribution in [0, 0.1) is 5.92 Å². The molecule has 0 bridgehead atoms. The molecule has 0 aliphatic rings. The zero-order valence-corrected chi connectivity index (χ0v) is 10.7. The Morgan fingerprint density at radius 1 is 1.24 bits per heavy atom. The molecule has 2 aromatic rings. The summed E-state index contributed by atoms with van der Waals surface area (Å²) in [6, 6.07) is 12.3. The van der Waals surface area contributed by atoms with Gasteiger partial charge in [-0.3, -0.25) is 0 Å². The predicted molar refractivity (Wildman–Crippen MR) is 74.7 cm³/mol. The molecule has 1 aromatic carbocycles. The molecule has 90 valence electrons. The summed E-state index contributed by atoms with van der Waals surface area (Å²) in [5, 5.41) is 4.52. The van der Waals surface area contributed by atoms with Gasteiger partial charge in [-0.1, -0.05) is 25.1 Å². The van der Waals surface area contributed by atoms with E-state index in [2.05, 4.69) is 29.4 Å². The first-order valence-corrected chi connectivity index (χ1v) is 6.48. The van der Waals surface area contributed by atoms with Gasteiger partial charge >= 0.3 is 0 Å². The Hall–Kier alpha value is -1.28. The highest BCUT2D eigenvalue weighted by Crippen LogP contribution is 2.15. The fourth-order valence-electron chi connectivity index (χ4n) is 1.73. The van der Waals surface area contributed by atoms with Crippen LogP contribution in [0.2, 0.25) is 0 Å². The van der Waals surface area contributed by atoms with Crippen molar-refractivity contribution in [2.45, 2.75) is 13.3 Å². The summed E-state index contributed by atoms with van der Waals surface area (Å²) in [4.78, 5) is 4.56. The van der Waals surface area contributed by atoms with E-state index < -0.39 is 0 Å². The van der Waals surface area contributed by atoms with Crippen LogP contribution in [-0.2, 0) is 0 Å². The standard InChI is InChI=1S/C14H17ClN2/c1-11(8-9-15)10-16-14-7-6-12-4-2-3-5-13(12)17-14/h2-7,11H,8-10H2,1H3,(H,16,17). The Bertz CT molecular complexity index is 484. The first kappa shape index (κ1) is 12.2. The molecule has 2 rings (SSSR count). The summed E-state index contributed by atoms with van der Waals surface area (Å²) in [6.07, 6.45) is 1.03. The second kappa shape index (κ2) is 5.87. The normalized spacial score (nSPS) is 12.6. The van der Waals surface area contributed by atoms with Crippen LogP contribution < -0.4 is 5.32 Å². The Labute approximate surface area is 107 Å². The molecule has 1 N–H and O–H groups in total. The van der Waals surface area contributed by atoms with E-state index in [9.17, 15) is 0 Å². The van der Waals surface area contributed by atoms with E-state index in [1.54, 1.807) is 0 Å². The molecule has 2 nitrogen and oxygen atoms in total. The topological polar surface area (TPSA) is 24.9 Å². The van der Waals surface area contributed by atoms with Crippen molar-refractivity contribution in [1.29, 1.82) is 0 Å². The third kappa shape index (κ3) is 3.34. The molecular weight excluding hydrogens is 232 g/mol. The quantitative estimate of drug-likeness (QED) is 0.812. The molecule has 0 saturated heterocycles. The van der Waals surface area contributed by atoms with Crippen LogP contribution >= 0.6 is 11.6 Å². The maximum absolute atomic E-state index is 5.71. The number of nitrogens with zero attached hydrogens (tertiary/aromatic N) is 1. The molecule has 0 amide bonds. The maximum atomic E-state index is 5.71. The average Bonchev–Trinajstić information content (AvgIpc) is 2.36. The molecule has 0 aliphatic heterocycles. The van der Waals surface area contributed by atoms with Crippen LogP contribution in [0.3, 0.4) is 0 Å². The highest BCUT2D eigenvalue weighted by molar-refractivity contribution is 6.17. The van der Waals surface area contributed by atoms with E-state index in [0.29, 0.717) is 11.8 Å². The van der Waals surface area contributed by atoms with Crippen molar-refractivity contribution >= 4 is 28.3 Å². The van der Waals surface area contributed by atoms with E-state index in [1.165, 1.54) is 5.39 Å². The maximum Gasteiger partial charge on any atom is 0.126 e. The van der Waals surface area contributed by atoms with E-state index >= 15 is 0 Å². The zero-order chi connectivity index (χ0) is 12.1. The van der Waals surface area contributed by atoms with Gasteiger partial charge in [-0.25, -0.2) is 4.98 Å². The Balaban J connectivity index is 2.04. The number of para-hydroxylation sites is 1. The molecule has 1 atom stereocenters. The number of fused-ring (bicyclic) bond motifs is 1. The minimum Gasteiger partial charge on any atom is -0.370 e. The van der Waals surface area contributed by atoms with Gasteiger partial charge in [-0.2, -0.15) is 0 Å². The summed E-state index contributed by atoms with van der Waals surface area (Å²) in [6.45, 7) is 3.11. The smallest absolute Gasteiger partial charge is 0.126 e. The van der Waals surface area contributed by atoms with E-state index in [-0.39, 0.29) is 0 Å². The van der Waals surface area contributed by atoms with Gasteiger partial charge in [0, 0.05) is 17.8 Å². The second-order valence-electron chi connectivity index (χ2n) is 4.35. The molecule has 0 saturated carbocycles. The van der Waals surface area contributed by atoms with Crippen molar-refractivity contribution in [1.82, 2.24) is 4.98 Å². The summed E-state index contributed by atoms with van der Waals surface area (Å²) in [7, 11) is 0. The number of anilines is 1. The van der Waals surface area contributed by atoms with Crippen LogP contribution in [0.25, 0.3) is 10.9 Å². The van der Waals surface area contributed by atoms with E-state index in [1.807, 2.05) is 24.3 Å². The van der Waals surface area contributed by atoms with Crippen LogP contribution in [0.1, 0.15) is 13.3 Å². The van der Waals surface area contributed by atoms with Crippen LogP contribution in [0.4, 0.5) is 5.82 Å². The predicted octanol–water partition coefficient (Wildman–Crippen LogP) is 3.91. The highest BCUT2D eigenvalue weighted by Gasteiger charge is 2.02. The number of rotatable bonds is 5. The highest BCUT2D eigenvalue weighted by atomic mass is 35.5. The van der Waals surface area contributed by atoms with Gasteiger partial charge in [0.15, 0.2) is 0 Å². The van der Waals surface area contributed by atoms with Gasteiger partial charge in [0.25, 0.3) is 0 Å². The molecule has 0 fully saturated rings. The van der Waals surface area contributed by atoms with Crippen molar-refractivity contribution in [2.75, 3.05) is 17.7 Å². The van der Waals surface area contributed by atoms with Crippen LogP contribution in [0.15, 0.2) is 36.4 Å².